The number of rotatable bonds is 6. The highest BCUT2D eigenvalue weighted by molar-refractivity contribution is 7.91. The molecule has 1 aliphatic heterocycles. The lowest BCUT2D eigenvalue weighted by Gasteiger charge is -2.26. The normalized spacial score (nSPS) is 19.0. The number of nitro groups is 1. The number of amides is 1. The van der Waals surface area contributed by atoms with Crippen molar-refractivity contribution in [3.05, 3.63) is 34.1 Å². The predicted octanol–water partition coefficient (Wildman–Crippen LogP) is 1.15. The van der Waals surface area contributed by atoms with Gasteiger partial charge in [-0.05, 0) is 19.4 Å². The summed E-state index contributed by atoms with van der Waals surface area (Å²) in [6.45, 7) is 1.45. The maximum atomic E-state index is 13.2. The summed E-state index contributed by atoms with van der Waals surface area (Å²) in [5.74, 6) is -1.65. The van der Waals surface area contributed by atoms with Crippen molar-refractivity contribution in [2.75, 3.05) is 24.7 Å². The van der Waals surface area contributed by atoms with Crippen molar-refractivity contribution in [2.45, 2.75) is 19.4 Å². The second-order valence-electron chi connectivity index (χ2n) is 5.39. The van der Waals surface area contributed by atoms with Crippen LogP contribution in [-0.4, -0.2) is 54.8 Å². The maximum Gasteiger partial charge on any atom is 0.311 e. The van der Waals surface area contributed by atoms with E-state index in [2.05, 4.69) is 0 Å². The molecular weight excluding hydrogens is 343 g/mol. The minimum absolute atomic E-state index is 0.0255. The molecule has 1 aliphatic rings. The summed E-state index contributed by atoms with van der Waals surface area (Å²) in [5.41, 5.74) is -0.448. The highest BCUT2D eigenvalue weighted by Crippen LogP contribution is 2.27. The Labute approximate surface area is 138 Å². The lowest BCUT2D eigenvalue weighted by atomic mass is 10.2. The first-order valence-electron chi connectivity index (χ1n) is 7.30. The summed E-state index contributed by atoms with van der Waals surface area (Å²) in [4.78, 5) is 23.8. The number of carbonyl (C=O) groups excluding carboxylic acids is 1. The zero-order valence-corrected chi connectivity index (χ0v) is 13.8. The summed E-state index contributed by atoms with van der Waals surface area (Å²) < 4.78 is 41.4. The molecule has 0 unspecified atom stereocenters. The van der Waals surface area contributed by atoms with E-state index in [1.165, 1.54) is 4.90 Å². The van der Waals surface area contributed by atoms with Gasteiger partial charge in [0.25, 0.3) is 5.91 Å². The van der Waals surface area contributed by atoms with Gasteiger partial charge in [0.05, 0.1) is 16.4 Å². The van der Waals surface area contributed by atoms with E-state index in [0.717, 1.165) is 18.2 Å². The van der Waals surface area contributed by atoms with Crippen molar-refractivity contribution >= 4 is 21.4 Å². The van der Waals surface area contributed by atoms with Gasteiger partial charge in [-0.25, -0.2) is 12.8 Å². The molecule has 1 amide bonds. The third-order valence-corrected chi connectivity index (χ3v) is 5.53. The van der Waals surface area contributed by atoms with Crippen molar-refractivity contribution in [2.24, 2.45) is 0 Å². The first-order chi connectivity index (χ1) is 11.2. The fourth-order valence-corrected chi connectivity index (χ4v) is 4.37. The molecule has 8 nitrogen and oxygen atoms in total. The number of sulfone groups is 1. The number of nitro benzene ring substituents is 1. The number of likely N-dealkylation sites (N-methyl/N-ethyl adjacent to an activating group) is 1. The minimum atomic E-state index is -3.15. The van der Waals surface area contributed by atoms with Crippen LogP contribution in [0.4, 0.5) is 10.1 Å². The van der Waals surface area contributed by atoms with E-state index < -0.39 is 44.8 Å². The van der Waals surface area contributed by atoms with Gasteiger partial charge < -0.3 is 9.64 Å². The van der Waals surface area contributed by atoms with Crippen LogP contribution < -0.4 is 4.74 Å². The first-order valence-corrected chi connectivity index (χ1v) is 9.12. The molecule has 1 fully saturated rings. The van der Waals surface area contributed by atoms with Crippen LogP contribution in [0.15, 0.2) is 18.2 Å². The molecule has 1 saturated heterocycles. The molecule has 0 spiro atoms. The Morgan fingerprint density at radius 1 is 1.50 bits per heavy atom. The fraction of sp³-hybridized carbons (Fsp3) is 0.500. The molecule has 0 saturated carbocycles. The zero-order chi connectivity index (χ0) is 17.9. The Morgan fingerprint density at radius 2 is 2.21 bits per heavy atom. The van der Waals surface area contributed by atoms with Gasteiger partial charge in [-0.2, -0.15) is 0 Å². The lowest BCUT2D eigenvalue weighted by Crippen LogP contribution is -2.43. The van der Waals surface area contributed by atoms with Crippen LogP contribution in [0.1, 0.15) is 13.3 Å². The fourth-order valence-electron chi connectivity index (χ4n) is 2.64. The van der Waals surface area contributed by atoms with Gasteiger partial charge in [0, 0.05) is 24.7 Å². The van der Waals surface area contributed by atoms with E-state index in [1.54, 1.807) is 6.92 Å². The molecule has 1 aromatic rings. The molecule has 10 heteroatoms. The third-order valence-electron chi connectivity index (χ3n) is 3.78. The van der Waals surface area contributed by atoms with Crippen molar-refractivity contribution in [3.8, 4) is 5.75 Å². The molecule has 0 aromatic heterocycles. The van der Waals surface area contributed by atoms with Crippen molar-refractivity contribution in [1.82, 2.24) is 4.90 Å². The minimum Gasteiger partial charge on any atom is -0.477 e. The SMILES string of the molecule is CCN(C(=O)COc1cc(F)ccc1[N+](=O)[O-])[C@@H]1CCS(=O)(=O)C1. The Balaban J connectivity index is 2.07. The molecule has 132 valence electrons. The molecule has 24 heavy (non-hydrogen) atoms. The second-order valence-corrected chi connectivity index (χ2v) is 7.62. The van der Waals surface area contributed by atoms with Crippen molar-refractivity contribution in [1.29, 1.82) is 0 Å². The number of hydrogen-bond acceptors (Lipinski definition) is 6. The van der Waals surface area contributed by atoms with Crippen LogP contribution in [-0.2, 0) is 14.6 Å². The van der Waals surface area contributed by atoms with E-state index in [1.807, 2.05) is 0 Å². The molecule has 1 heterocycles. The summed E-state index contributed by atoms with van der Waals surface area (Å²) in [5, 5.41) is 10.9. The molecule has 0 radical (unpaired) electrons. The van der Waals surface area contributed by atoms with Gasteiger partial charge in [0.1, 0.15) is 5.82 Å². The smallest absolute Gasteiger partial charge is 0.311 e. The van der Waals surface area contributed by atoms with Gasteiger partial charge >= 0.3 is 5.69 Å². The molecule has 1 atom stereocenters. The van der Waals surface area contributed by atoms with E-state index in [0.29, 0.717) is 6.42 Å². The number of ether oxygens (including phenoxy) is 1. The summed E-state index contributed by atoms with van der Waals surface area (Å²) >= 11 is 0. The van der Waals surface area contributed by atoms with Gasteiger partial charge in [-0.1, -0.05) is 0 Å². The van der Waals surface area contributed by atoms with Crippen molar-refractivity contribution in [3.63, 3.8) is 0 Å². The lowest BCUT2D eigenvalue weighted by molar-refractivity contribution is -0.385. The number of carbonyl (C=O) groups is 1. The molecule has 2 rings (SSSR count). The van der Waals surface area contributed by atoms with E-state index in [-0.39, 0.29) is 23.8 Å². The third kappa shape index (κ3) is 4.19. The quantitative estimate of drug-likeness (QED) is 0.556. The van der Waals surface area contributed by atoms with E-state index in [9.17, 15) is 27.7 Å². The number of benzene rings is 1. The van der Waals surface area contributed by atoms with Crippen LogP contribution in [0.2, 0.25) is 0 Å². The Hall–Kier alpha value is -2.23. The topological polar surface area (TPSA) is 107 Å². The van der Waals surface area contributed by atoms with Gasteiger partial charge in [-0.15, -0.1) is 0 Å². The summed E-state index contributed by atoms with van der Waals surface area (Å²) in [6, 6.07) is 2.28. The first kappa shape index (κ1) is 18.1. The summed E-state index contributed by atoms with van der Waals surface area (Å²) in [6.07, 6.45) is 0.349. The molecule has 0 bridgehead atoms. The number of hydrogen-bond donors (Lipinski definition) is 0. The Morgan fingerprint density at radius 3 is 2.75 bits per heavy atom. The monoisotopic (exact) mass is 360 g/mol. The van der Waals surface area contributed by atoms with Gasteiger partial charge in [-0.3, -0.25) is 14.9 Å². The number of halogens is 1. The highest BCUT2D eigenvalue weighted by Gasteiger charge is 2.34. The van der Waals surface area contributed by atoms with Crippen LogP contribution in [0.25, 0.3) is 0 Å². The Bertz CT molecular complexity index is 752. The van der Waals surface area contributed by atoms with E-state index in [4.69, 9.17) is 4.74 Å². The number of nitrogens with zero attached hydrogens (tertiary/aromatic N) is 2. The summed E-state index contributed by atoms with van der Waals surface area (Å²) in [7, 11) is -3.15. The van der Waals surface area contributed by atoms with Crippen LogP contribution >= 0.6 is 0 Å². The molecule has 0 aliphatic carbocycles. The molecule has 0 N–H and O–H groups in total. The van der Waals surface area contributed by atoms with Crippen LogP contribution in [0, 0.1) is 15.9 Å². The standard InChI is InChI=1S/C14H17FN2O6S/c1-2-16(11-5-6-24(21,22)9-11)14(18)8-23-13-7-10(15)3-4-12(13)17(19)20/h3-4,7,11H,2,5-6,8-9H2,1H3/t11-/m1/s1. The molecular formula is C14H17FN2O6S. The predicted molar refractivity (Wildman–Crippen MR) is 83.0 cm³/mol. The largest absolute Gasteiger partial charge is 0.477 e. The molecule has 1 aromatic carbocycles. The van der Waals surface area contributed by atoms with Crippen molar-refractivity contribution < 1.29 is 27.3 Å². The van der Waals surface area contributed by atoms with E-state index >= 15 is 0 Å². The second kappa shape index (κ2) is 7.12. The maximum absolute atomic E-state index is 13.2. The van der Waals surface area contributed by atoms with Crippen LogP contribution in [0.5, 0.6) is 5.75 Å². The van der Waals surface area contributed by atoms with Gasteiger partial charge in [0.2, 0.25) is 5.75 Å². The Kier molecular flexibility index (Phi) is 5.37. The average molecular weight is 360 g/mol. The average Bonchev–Trinajstić information content (AvgIpc) is 2.85. The zero-order valence-electron chi connectivity index (χ0n) is 13.0. The van der Waals surface area contributed by atoms with Gasteiger partial charge in [0.15, 0.2) is 16.4 Å². The highest BCUT2D eigenvalue weighted by atomic mass is 32.2. The van der Waals surface area contributed by atoms with Crippen LogP contribution in [0.3, 0.4) is 0 Å².